The maximum atomic E-state index is 6.27. The standard InChI is InChI=1S/C17H27NO2/c1-3-13-5-4-6-16(11-13)20-17(12-18)14-7-9-15(19-2)10-8-14/h7-10,13,16-17H,3-6,11-12,18H2,1-2H3. The highest BCUT2D eigenvalue weighted by Crippen LogP contribution is 2.31. The van der Waals surface area contributed by atoms with Gasteiger partial charge in [-0.1, -0.05) is 38.3 Å². The summed E-state index contributed by atoms with van der Waals surface area (Å²) in [6, 6.07) is 8.04. The Kier molecular flexibility index (Phi) is 5.86. The van der Waals surface area contributed by atoms with E-state index in [-0.39, 0.29) is 6.10 Å². The van der Waals surface area contributed by atoms with Crippen molar-refractivity contribution in [2.75, 3.05) is 13.7 Å². The molecule has 0 heterocycles. The zero-order valence-electron chi connectivity index (χ0n) is 12.7. The molecule has 1 aromatic rings. The van der Waals surface area contributed by atoms with Crippen LogP contribution in [0.3, 0.4) is 0 Å². The van der Waals surface area contributed by atoms with E-state index in [1.165, 1.54) is 32.1 Å². The van der Waals surface area contributed by atoms with Crippen molar-refractivity contribution in [2.45, 2.75) is 51.2 Å². The molecular formula is C17H27NO2. The average Bonchev–Trinajstić information content (AvgIpc) is 2.53. The van der Waals surface area contributed by atoms with Crippen LogP contribution in [0, 0.1) is 5.92 Å². The zero-order valence-corrected chi connectivity index (χ0v) is 12.7. The molecule has 2 rings (SSSR count). The summed E-state index contributed by atoms with van der Waals surface area (Å²) in [7, 11) is 1.68. The van der Waals surface area contributed by atoms with Crippen LogP contribution in [-0.4, -0.2) is 19.8 Å². The van der Waals surface area contributed by atoms with Gasteiger partial charge in [0.1, 0.15) is 5.75 Å². The third-order valence-electron chi connectivity index (χ3n) is 4.37. The normalized spacial score (nSPS) is 24.4. The quantitative estimate of drug-likeness (QED) is 0.862. The second-order valence-electron chi connectivity index (χ2n) is 5.70. The number of benzene rings is 1. The number of hydrogen-bond acceptors (Lipinski definition) is 3. The van der Waals surface area contributed by atoms with Crippen molar-refractivity contribution in [1.29, 1.82) is 0 Å². The first-order valence-corrected chi connectivity index (χ1v) is 7.76. The minimum Gasteiger partial charge on any atom is -0.497 e. The smallest absolute Gasteiger partial charge is 0.118 e. The molecule has 0 saturated heterocycles. The van der Waals surface area contributed by atoms with E-state index in [1.54, 1.807) is 7.11 Å². The van der Waals surface area contributed by atoms with E-state index in [1.807, 2.05) is 12.1 Å². The minimum absolute atomic E-state index is 0.00140. The first-order valence-electron chi connectivity index (χ1n) is 7.76. The molecule has 1 aliphatic carbocycles. The SMILES string of the molecule is CCC1CCCC(OC(CN)c2ccc(OC)cc2)C1. The van der Waals surface area contributed by atoms with Gasteiger partial charge in [-0.15, -0.1) is 0 Å². The van der Waals surface area contributed by atoms with Gasteiger partial charge >= 0.3 is 0 Å². The van der Waals surface area contributed by atoms with E-state index in [0.717, 1.165) is 17.2 Å². The molecule has 0 aromatic heterocycles. The van der Waals surface area contributed by atoms with E-state index < -0.39 is 0 Å². The summed E-state index contributed by atoms with van der Waals surface area (Å²) >= 11 is 0. The van der Waals surface area contributed by atoms with Gasteiger partial charge in [0, 0.05) is 6.54 Å². The van der Waals surface area contributed by atoms with Crippen LogP contribution >= 0.6 is 0 Å². The lowest BCUT2D eigenvalue weighted by Gasteiger charge is -2.31. The van der Waals surface area contributed by atoms with Gasteiger partial charge in [-0.05, 0) is 36.5 Å². The fourth-order valence-electron chi connectivity index (χ4n) is 3.06. The topological polar surface area (TPSA) is 44.5 Å². The molecule has 0 bridgehead atoms. The minimum atomic E-state index is 0.00140. The molecule has 3 nitrogen and oxygen atoms in total. The van der Waals surface area contributed by atoms with Crippen LogP contribution in [0.5, 0.6) is 5.75 Å². The maximum Gasteiger partial charge on any atom is 0.118 e. The third-order valence-corrected chi connectivity index (χ3v) is 4.37. The highest BCUT2D eigenvalue weighted by atomic mass is 16.5. The Morgan fingerprint density at radius 3 is 2.60 bits per heavy atom. The van der Waals surface area contributed by atoms with E-state index >= 15 is 0 Å². The zero-order chi connectivity index (χ0) is 14.4. The molecule has 2 N–H and O–H groups in total. The Balaban J connectivity index is 1.97. The molecule has 3 unspecified atom stereocenters. The third kappa shape index (κ3) is 3.97. The number of rotatable bonds is 6. The Hall–Kier alpha value is -1.06. The van der Waals surface area contributed by atoms with Gasteiger partial charge in [-0.25, -0.2) is 0 Å². The molecule has 0 aliphatic heterocycles. The predicted molar refractivity (Wildman–Crippen MR) is 81.9 cm³/mol. The fraction of sp³-hybridized carbons (Fsp3) is 0.647. The van der Waals surface area contributed by atoms with Crippen molar-refractivity contribution in [3.8, 4) is 5.75 Å². The maximum absolute atomic E-state index is 6.27. The molecule has 3 atom stereocenters. The first-order chi connectivity index (χ1) is 9.76. The van der Waals surface area contributed by atoms with Crippen molar-refractivity contribution in [3.05, 3.63) is 29.8 Å². The van der Waals surface area contributed by atoms with Crippen LogP contribution in [0.1, 0.15) is 50.7 Å². The van der Waals surface area contributed by atoms with Gasteiger partial charge in [0.25, 0.3) is 0 Å². The molecule has 0 amide bonds. The molecule has 1 saturated carbocycles. The van der Waals surface area contributed by atoms with E-state index in [0.29, 0.717) is 12.6 Å². The Labute approximate surface area is 122 Å². The summed E-state index contributed by atoms with van der Waals surface area (Å²) < 4.78 is 11.5. The van der Waals surface area contributed by atoms with Gasteiger partial charge in [0.05, 0.1) is 19.3 Å². The Morgan fingerprint density at radius 2 is 2.00 bits per heavy atom. The summed E-state index contributed by atoms with van der Waals surface area (Å²) in [6.45, 7) is 2.80. The predicted octanol–water partition coefficient (Wildman–Crippen LogP) is 3.68. The van der Waals surface area contributed by atoms with Crippen molar-refractivity contribution in [2.24, 2.45) is 11.7 Å². The summed E-state index contributed by atoms with van der Waals surface area (Å²) in [5.41, 5.74) is 7.05. The highest BCUT2D eigenvalue weighted by molar-refractivity contribution is 5.28. The molecule has 1 aliphatic rings. The second kappa shape index (κ2) is 7.65. The summed E-state index contributed by atoms with van der Waals surface area (Å²) in [5, 5.41) is 0. The molecular weight excluding hydrogens is 250 g/mol. The van der Waals surface area contributed by atoms with E-state index in [2.05, 4.69) is 19.1 Å². The largest absolute Gasteiger partial charge is 0.497 e. The molecule has 3 heteroatoms. The molecule has 112 valence electrons. The van der Waals surface area contributed by atoms with Crippen molar-refractivity contribution in [3.63, 3.8) is 0 Å². The van der Waals surface area contributed by atoms with Crippen LogP contribution in [0.15, 0.2) is 24.3 Å². The first kappa shape index (κ1) is 15.3. The molecule has 1 fully saturated rings. The lowest BCUT2D eigenvalue weighted by atomic mass is 9.85. The van der Waals surface area contributed by atoms with E-state index in [4.69, 9.17) is 15.2 Å². The van der Waals surface area contributed by atoms with E-state index in [9.17, 15) is 0 Å². The molecule has 0 radical (unpaired) electrons. The monoisotopic (exact) mass is 277 g/mol. The van der Waals surface area contributed by atoms with Gasteiger partial charge in [-0.2, -0.15) is 0 Å². The molecule has 20 heavy (non-hydrogen) atoms. The van der Waals surface area contributed by atoms with Crippen LogP contribution in [0.25, 0.3) is 0 Å². The van der Waals surface area contributed by atoms with Crippen LogP contribution in [-0.2, 0) is 4.74 Å². The summed E-state index contributed by atoms with van der Waals surface area (Å²) in [5.74, 6) is 1.69. The average molecular weight is 277 g/mol. The number of nitrogens with two attached hydrogens (primary N) is 1. The van der Waals surface area contributed by atoms with Crippen molar-refractivity contribution >= 4 is 0 Å². The van der Waals surface area contributed by atoms with Crippen molar-refractivity contribution in [1.82, 2.24) is 0 Å². The Bertz CT molecular complexity index is 390. The van der Waals surface area contributed by atoms with Gasteiger partial charge in [-0.3, -0.25) is 0 Å². The summed E-state index contributed by atoms with van der Waals surface area (Å²) in [4.78, 5) is 0. The molecule has 1 aromatic carbocycles. The van der Waals surface area contributed by atoms with Crippen molar-refractivity contribution < 1.29 is 9.47 Å². The van der Waals surface area contributed by atoms with Crippen LogP contribution in [0.2, 0.25) is 0 Å². The fourth-order valence-corrected chi connectivity index (χ4v) is 3.06. The lowest BCUT2D eigenvalue weighted by molar-refractivity contribution is -0.0381. The highest BCUT2D eigenvalue weighted by Gasteiger charge is 2.24. The Morgan fingerprint density at radius 1 is 1.25 bits per heavy atom. The van der Waals surface area contributed by atoms with Gasteiger partial charge in [0.2, 0.25) is 0 Å². The van der Waals surface area contributed by atoms with Gasteiger partial charge in [0.15, 0.2) is 0 Å². The number of ether oxygens (including phenoxy) is 2. The number of hydrogen-bond donors (Lipinski definition) is 1. The van der Waals surface area contributed by atoms with Gasteiger partial charge < -0.3 is 15.2 Å². The van der Waals surface area contributed by atoms with Crippen LogP contribution < -0.4 is 10.5 Å². The summed E-state index contributed by atoms with van der Waals surface area (Å²) in [6.07, 6.45) is 6.61. The molecule has 0 spiro atoms. The second-order valence-corrected chi connectivity index (χ2v) is 5.70. The lowest BCUT2D eigenvalue weighted by Crippen LogP contribution is -2.27. The number of methoxy groups -OCH3 is 1. The van der Waals surface area contributed by atoms with Crippen LogP contribution in [0.4, 0.5) is 0 Å².